The first-order valence-electron chi connectivity index (χ1n) is 9.25. The summed E-state index contributed by atoms with van der Waals surface area (Å²) in [6.07, 6.45) is 6.55. The highest BCUT2D eigenvalue weighted by atomic mass is 127. The number of guanidine groups is 1. The van der Waals surface area contributed by atoms with Crippen molar-refractivity contribution in [3.63, 3.8) is 0 Å². The SMILES string of the molecule is CCNC(=NCc1coc(-c2ccccc2)n1)NCCCn1cc(C)cn1.I. The summed E-state index contributed by atoms with van der Waals surface area (Å²) >= 11 is 0. The van der Waals surface area contributed by atoms with E-state index in [2.05, 4.69) is 25.7 Å². The first-order chi connectivity index (χ1) is 13.2. The Bertz CT molecular complexity index is 858. The van der Waals surface area contributed by atoms with Gasteiger partial charge in [-0.15, -0.1) is 24.0 Å². The number of rotatable bonds is 8. The lowest BCUT2D eigenvalue weighted by Gasteiger charge is -2.10. The van der Waals surface area contributed by atoms with Gasteiger partial charge in [-0.2, -0.15) is 5.10 Å². The first kappa shape index (κ1) is 21.9. The number of aliphatic imine (C=N–C) groups is 1. The molecule has 3 aromatic rings. The van der Waals surface area contributed by atoms with E-state index < -0.39 is 0 Å². The molecule has 0 aliphatic rings. The van der Waals surface area contributed by atoms with Crippen molar-refractivity contribution in [3.05, 3.63) is 60.2 Å². The fourth-order valence-electron chi connectivity index (χ4n) is 2.63. The molecule has 1 aromatic carbocycles. The van der Waals surface area contributed by atoms with Crippen molar-refractivity contribution in [2.45, 2.75) is 33.4 Å². The van der Waals surface area contributed by atoms with Crippen LogP contribution in [0.15, 0.2) is 58.4 Å². The van der Waals surface area contributed by atoms with Gasteiger partial charge in [0.25, 0.3) is 0 Å². The minimum absolute atomic E-state index is 0. The van der Waals surface area contributed by atoms with Crippen LogP contribution >= 0.6 is 24.0 Å². The van der Waals surface area contributed by atoms with Gasteiger partial charge in [-0.3, -0.25) is 4.68 Å². The Hall–Kier alpha value is -2.36. The molecule has 0 bridgehead atoms. The van der Waals surface area contributed by atoms with Crippen molar-refractivity contribution < 1.29 is 4.42 Å². The number of hydrogen-bond acceptors (Lipinski definition) is 4. The molecule has 0 saturated carbocycles. The van der Waals surface area contributed by atoms with Gasteiger partial charge in [-0.05, 0) is 38.0 Å². The van der Waals surface area contributed by atoms with Gasteiger partial charge < -0.3 is 15.1 Å². The van der Waals surface area contributed by atoms with E-state index in [9.17, 15) is 0 Å². The van der Waals surface area contributed by atoms with Crippen LogP contribution in [0.25, 0.3) is 11.5 Å². The highest BCUT2D eigenvalue weighted by Crippen LogP contribution is 2.18. The third kappa shape index (κ3) is 6.66. The zero-order valence-corrected chi connectivity index (χ0v) is 18.6. The Labute approximate surface area is 182 Å². The monoisotopic (exact) mass is 494 g/mol. The van der Waals surface area contributed by atoms with Crippen molar-refractivity contribution in [2.24, 2.45) is 4.99 Å². The van der Waals surface area contributed by atoms with Crippen LogP contribution in [0.2, 0.25) is 0 Å². The zero-order chi connectivity index (χ0) is 18.9. The number of nitrogens with zero attached hydrogens (tertiary/aromatic N) is 4. The van der Waals surface area contributed by atoms with Crippen LogP contribution < -0.4 is 10.6 Å². The third-order valence-electron chi connectivity index (χ3n) is 3.93. The largest absolute Gasteiger partial charge is 0.444 e. The molecule has 0 fully saturated rings. The number of aromatic nitrogens is 3. The topological polar surface area (TPSA) is 80.3 Å². The predicted molar refractivity (Wildman–Crippen MR) is 122 cm³/mol. The normalized spacial score (nSPS) is 11.1. The van der Waals surface area contributed by atoms with Gasteiger partial charge in [0, 0.05) is 31.4 Å². The van der Waals surface area contributed by atoms with E-state index in [0.717, 1.165) is 43.3 Å². The molecule has 0 radical (unpaired) electrons. The van der Waals surface area contributed by atoms with Crippen LogP contribution in [0, 0.1) is 6.92 Å². The Morgan fingerprint density at radius 2 is 2.04 bits per heavy atom. The maximum absolute atomic E-state index is 5.56. The molecule has 0 atom stereocenters. The lowest BCUT2D eigenvalue weighted by atomic mass is 10.2. The van der Waals surface area contributed by atoms with Gasteiger partial charge in [-0.1, -0.05) is 18.2 Å². The average molecular weight is 494 g/mol. The van der Waals surface area contributed by atoms with Crippen LogP contribution in [-0.4, -0.2) is 33.8 Å². The van der Waals surface area contributed by atoms with Crippen molar-refractivity contribution in [1.29, 1.82) is 0 Å². The lowest BCUT2D eigenvalue weighted by molar-refractivity contribution is 0.569. The van der Waals surface area contributed by atoms with Crippen LogP contribution in [0.1, 0.15) is 24.6 Å². The van der Waals surface area contributed by atoms with E-state index in [0.29, 0.717) is 12.4 Å². The minimum atomic E-state index is 0. The van der Waals surface area contributed by atoms with Gasteiger partial charge in [-0.25, -0.2) is 9.98 Å². The Balaban J connectivity index is 0.00000280. The third-order valence-corrected chi connectivity index (χ3v) is 3.93. The summed E-state index contributed by atoms with van der Waals surface area (Å²) in [7, 11) is 0. The zero-order valence-electron chi connectivity index (χ0n) is 16.3. The molecule has 2 N–H and O–H groups in total. The summed E-state index contributed by atoms with van der Waals surface area (Å²) in [6, 6.07) is 9.86. The molecule has 3 rings (SSSR count). The molecule has 150 valence electrons. The average Bonchev–Trinajstić information content (AvgIpc) is 3.33. The van der Waals surface area contributed by atoms with Crippen molar-refractivity contribution in [1.82, 2.24) is 25.4 Å². The smallest absolute Gasteiger partial charge is 0.226 e. The maximum Gasteiger partial charge on any atom is 0.226 e. The quantitative estimate of drug-likeness (QED) is 0.217. The lowest BCUT2D eigenvalue weighted by Crippen LogP contribution is -2.38. The molecular weight excluding hydrogens is 467 g/mol. The van der Waals surface area contributed by atoms with Crippen LogP contribution in [0.5, 0.6) is 0 Å². The highest BCUT2D eigenvalue weighted by Gasteiger charge is 2.06. The van der Waals surface area contributed by atoms with Crippen molar-refractivity contribution >= 4 is 29.9 Å². The van der Waals surface area contributed by atoms with Crippen molar-refractivity contribution in [2.75, 3.05) is 13.1 Å². The Morgan fingerprint density at radius 3 is 2.75 bits per heavy atom. The van der Waals surface area contributed by atoms with Crippen LogP contribution in [0.3, 0.4) is 0 Å². The molecule has 0 saturated heterocycles. The number of oxazole rings is 1. The number of halogens is 1. The molecule has 7 nitrogen and oxygen atoms in total. The number of aryl methyl sites for hydroxylation is 2. The van der Waals surface area contributed by atoms with Crippen molar-refractivity contribution in [3.8, 4) is 11.5 Å². The van der Waals surface area contributed by atoms with Gasteiger partial charge in [0.05, 0.1) is 12.7 Å². The Kier molecular flexibility index (Phi) is 8.99. The maximum atomic E-state index is 5.56. The first-order valence-corrected chi connectivity index (χ1v) is 9.25. The Morgan fingerprint density at radius 1 is 1.21 bits per heavy atom. The second-order valence-corrected chi connectivity index (χ2v) is 6.27. The summed E-state index contributed by atoms with van der Waals surface area (Å²) in [5, 5.41) is 10.9. The summed E-state index contributed by atoms with van der Waals surface area (Å²) in [5.74, 6) is 1.40. The van der Waals surface area contributed by atoms with Gasteiger partial charge in [0.1, 0.15) is 12.0 Å². The number of nitrogens with one attached hydrogen (secondary N) is 2. The molecule has 0 amide bonds. The second kappa shape index (κ2) is 11.5. The molecule has 0 aliphatic carbocycles. The van der Waals surface area contributed by atoms with E-state index in [4.69, 9.17) is 4.42 Å². The van der Waals surface area contributed by atoms with Crippen LogP contribution in [-0.2, 0) is 13.1 Å². The minimum Gasteiger partial charge on any atom is -0.444 e. The molecule has 2 heterocycles. The molecule has 8 heteroatoms. The number of hydrogen-bond donors (Lipinski definition) is 2. The summed E-state index contributed by atoms with van der Waals surface area (Å²) < 4.78 is 7.52. The van der Waals surface area contributed by atoms with Gasteiger partial charge in [0.15, 0.2) is 5.96 Å². The summed E-state index contributed by atoms with van der Waals surface area (Å²) in [5.41, 5.74) is 2.95. The molecular formula is C20H27IN6O. The van der Waals surface area contributed by atoms with E-state index in [1.807, 2.05) is 61.3 Å². The fourth-order valence-corrected chi connectivity index (χ4v) is 2.63. The predicted octanol–water partition coefficient (Wildman–Crippen LogP) is 3.61. The van der Waals surface area contributed by atoms with E-state index in [1.165, 1.54) is 5.56 Å². The summed E-state index contributed by atoms with van der Waals surface area (Å²) in [6.45, 7) is 7.06. The van der Waals surface area contributed by atoms with E-state index >= 15 is 0 Å². The molecule has 0 aliphatic heterocycles. The molecule has 0 unspecified atom stereocenters. The highest BCUT2D eigenvalue weighted by molar-refractivity contribution is 14.0. The molecule has 28 heavy (non-hydrogen) atoms. The summed E-state index contributed by atoms with van der Waals surface area (Å²) in [4.78, 5) is 9.10. The molecule has 0 spiro atoms. The van der Waals surface area contributed by atoms with Crippen LogP contribution in [0.4, 0.5) is 0 Å². The molecule has 2 aromatic heterocycles. The van der Waals surface area contributed by atoms with E-state index in [1.54, 1.807) is 6.26 Å². The number of benzene rings is 1. The second-order valence-electron chi connectivity index (χ2n) is 6.27. The fraction of sp³-hybridized carbons (Fsp3) is 0.350. The standard InChI is InChI=1S/C20H26N6O.HI/c1-3-21-20(22-10-7-11-26-14-16(2)12-24-26)23-13-18-15-27-19(25-18)17-8-5-4-6-9-17;/h4-6,8-9,12,14-15H,3,7,10-11,13H2,1-2H3,(H2,21,22,23);1H. The van der Waals surface area contributed by atoms with Gasteiger partial charge in [0.2, 0.25) is 5.89 Å². The van der Waals surface area contributed by atoms with Gasteiger partial charge >= 0.3 is 0 Å². The van der Waals surface area contributed by atoms with E-state index in [-0.39, 0.29) is 24.0 Å².